The zero-order valence-corrected chi connectivity index (χ0v) is 21.0. The molecular formula is C30H24BNO2S. The third-order valence-electron chi connectivity index (χ3n) is 8.39. The number of hydrogen-bond acceptors (Lipinski definition) is 3. The molecule has 0 amide bonds. The van der Waals surface area contributed by atoms with Gasteiger partial charge in [0.2, 0.25) is 0 Å². The van der Waals surface area contributed by atoms with E-state index in [0.29, 0.717) is 0 Å². The van der Waals surface area contributed by atoms with Crippen molar-refractivity contribution in [2.24, 2.45) is 0 Å². The van der Waals surface area contributed by atoms with Gasteiger partial charge in [0.05, 0.1) is 27.8 Å². The zero-order chi connectivity index (χ0) is 23.7. The van der Waals surface area contributed by atoms with Crippen LogP contribution in [0.15, 0.2) is 72.8 Å². The summed E-state index contributed by atoms with van der Waals surface area (Å²) in [5, 5.41) is 7.68. The maximum atomic E-state index is 6.61. The van der Waals surface area contributed by atoms with Crippen molar-refractivity contribution in [2.45, 2.75) is 38.9 Å². The Kier molecular flexibility index (Phi) is 3.65. The summed E-state index contributed by atoms with van der Waals surface area (Å²) in [6.45, 7) is 8.50. The van der Waals surface area contributed by atoms with Crippen LogP contribution in [-0.4, -0.2) is 22.7 Å². The number of nitrogens with zero attached hydrogens (tertiary/aromatic N) is 1. The van der Waals surface area contributed by atoms with Gasteiger partial charge in [-0.15, -0.1) is 11.3 Å². The molecule has 1 aliphatic heterocycles. The topological polar surface area (TPSA) is 22.9 Å². The van der Waals surface area contributed by atoms with E-state index >= 15 is 0 Å². The van der Waals surface area contributed by atoms with Gasteiger partial charge in [-0.3, -0.25) is 0 Å². The van der Waals surface area contributed by atoms with E-state index in [1.165, 1.54) is 58.3 Å². The maximum Gasteiger partial charge on any atom is 0.495 e. The fourth-order valence-corrected chi connectivity index (χ4v) is 7.16. The minimum absolute atomic E-state index is 0.396. The van der Waals surface area contributed by atoms with Crippen molar-refractivity contribution in [1.82, 2.24) is 4.40 Å². The second kappa shape index (κ2) is 6.35. The summed E-state index contributed by atoms with van der Waals surface area (Å²) in [5.74, 6) is 0. The van der Waals surface area contributed by atoms with E-state index in [1.54, 1.807) is 0 Å². The lowest BCUT2D eigenvalue weighted by Gasteiger charge is -2.32. The fourth-order valence-electron chi connectivity index (χ4n) is 6.02. The van der Waals surface area contributed by atoms with Crippen LogP contribution in [0.2, 0.25) is 0 Å². The smallest absolute Gasteiger partial charge is 0.399 e. The fraction of sp³-hybridized carbons (Fsp3) is 0.200. The summed E-state index contributed by atoms with van der Waals surface area (Å²) in [6, 6.07) is 26.7. The van der Waals surface area contributed by atoms with Gasteiger partial charge >= 0.3 is 7.12 Å². The molecule has 170 valence electrons. The van der Waals surface area contributed by atoms with Gasteiger partial charge in [0.15, 0.2) is 0 Å². The number of hydrogen-bond donors (Lipinski definition) is 0. The monoisotopic (exact) mass is 473 g/mol. The first-order chi connectivity index (χ1) is 16.9. The van der Waals surface area contributed by atoms with Crippen LogP contribution in [0.4, 0.5) is 0 Å². The maximum absolute atomic E-state index is 6.61. The predicted molar refractivity (Wildman–Crippen MR) is 150 cm³/mol. The molecule has 1 aliphatic rings. The molecule has 3 nitrogen and oxygen atoms in total. The van der Waals surface area contributed by atoms with E-state index in [4.69, 9.17) is 9.31 Å². The molecule has 0 unspecified atom stereocenters. The summed E-state index contributed by atoms with van der Waals surface area (Å²) in [7, 11) is -0.423. The van der Waals surface area contributed by atoms with E-state index in [-0.39, 0.29) is 0 Å². The minimum atomic E-state index is -0.423. The third-order valence-corrected chi connectivity index (χ3v) is 9.51. The van der Waals surface area contributed by atoms with Crippen molar-refractivity contribution < 1.29 is 9.31 Å². The Morgan fingerprint density at radius 1 is 0.629 bits per heavy atom. The SMILES string of the molecule is CC1(C)OB(c2ccc3sc4cccc5c4c3c2c2cccc3c4ccccc4n5c32)OC1(C)C. The highest BCUT2D eigenvalue weighted by molar-refractivity contribution is 7.26. The van der Waals surface area contributed by atoms with Crippen molar-refractivity contribution >= 4 is 82.2 Å². The molecule has 8 rings (SSSR count). The van der Waals surface area contributed by atoms with Gasteiger partial charge < -0.3 is 13.7 Å². The van der Waals surface area contributed by atoms with Gasteiger partial charge in [-0.2, -0.15) is 0 Å². The van der Waals surface area contributed by atoms with E-state index in [2.05, 4.69) is 105 Å². The molecule has 0 spiro atoms. The molecule has 0 N–H and O–H groups in total. The van der Waals surface area contributed by atoms with Gasteiger partial charge in [0.1, 0.15) is 0 Å². The Hall–Kier alpha value is -3.12. The highest BCUT2D eigenvalue weighted by atomic mass is 32.1. The molecule has 35 heavy (non-hydrogen) atoms. The van der Waals surface area contributed by atoms with Crippen molar-refractivity contribution in [3.8, 4) is 0 Å². The highest BCUT2D eigenvalue weighted by Gasteiger charge is 2.52. The summed E-state index contributed by atoms with van der Waals surface area (Å²) in [6.07, 6.45) is 0. The summed E-state index contributed by atoms with van der Waals surface area (Å²) >= 11 is 1.87. The quantitative estimate of drug-likeness (QED) is 0.230. The van der Waals surface area contributed by atoms with Crippen LogP contribution in [0.1, 0.15) is 27.7 Å². The number of fused-ring (bicyclic) bond motifs is 5. The van der Waals surface area contributed by atoms with Crippen LogP contribution in [0.25, 0.3) is 58.3 Å². The molecule has 0 aliphatic carbocycles. The third kappa shape index (κ3) is 2.39. The average Bonchev–Trinajstić information content (AvgIpc) is 3.41. The average molecular weight is 473 g/mol. The minimum Gasteiger partial charge on any atom is -0.399 e. The lowest BCUT2D eigenvalue weighted by atomic mass is 9.75. The molecule has 1 saturated heterocycles. The van der Waals surface area contributed by atoms with Crippen LogP contribution >= 0.6 is 11.3 Å². The normalized spacial score (nSPS) is 17.9. The Bertz CT molecular complexity index is 1960. The summed E-state index contributed by atoms with van der Waals surface area (Å²) < 4.78 is 18.3. The molecule has 0 atom stereocenters. The lowest BCUT2D eigenvalue weighted by Crippen LogP contribution is -2.41. The van der Waals surface area contributed by atoms with Crippen LogP contribution in [0.3, 0.4) is 0 Å². The van der Waals surface area contributed by atoms with Crippen LogP contribution in [0.5, 0.6) is 0 Å². The molecule has 4 aromatic carbocycles. The number of aromatic nitrogens is 1. The molecule has 4 heterocycles. The predicted octanol–water partition coefficient (Wildman–Crippen LogP) is 7.50. The molecule has 1 fully saturated rings. The van der Waals surface area contributed by atoms with E-state index < -0.39 is 18.3 Å². The second-order valence-electron chi connectivity index (χ2n) is 10.8. The zero-order valence-electron chi connectivity index (χ0n) is 20.2. The molecule has 5 heteroatoms. The molecule has 7 aromatic rings. The molecular weight excluding hydrogens is 449 g/mol. The van der Waals surface area contributed by atoms with Gasteiger partial charge in [0, 0.05) is 36.3 Å². The first-order valence-corrected chi connectivity index (χ1v) is 13.0. The number of benzene rings is 4. The number of thiophene rings is 1. The first-order valence-electron chi connectivity index (χ1n) is 12.2. The van der Waals surface area contributed by atoms with Gasteiger partial charge in [-0.05, 0) is 62.8 Å². The number of rotatable bonds is 1. The van der Waals surface area contributed by atoms with E-state index in [1.807, 2.05) is 11.3 Å². The van der Waals surface area contributed by atoms with Crippen LogP contribution < -0.4 is 5.46 Å². The highest BCUT2D eigenvalue weighted by Crippen LogP contribution is 2.45. The Morgan fingerprint density at radius 2 is 1.29 bits per heavy atom. The van der Waals surface area contributed by atoms with Crippen molar-refractivity contribution in [3.63, 3.8) is 0 Å². The van der Waals surface area contributed by atoms with Crippen molar-refractivity contribution in [2.75, 3.05) is 0 Å². The molecule has 3 aromatic heterocycles. The van der Waals surface area contributed by atoms with E-state index in [0.717, 1.165) is 5.46 Å². The Balaban J connectivity index is 1.67. The molecule has 0 radical (unpaired) electrons. The van der Waals surface area contributed by atoms with Crippen LogP contribution in [0, 0.1) is 0 Å². The number of para-hydroxylation sites is 2. The summed E-state index contributed by atoms with van der Waals surface area (Å²) in [5.41, 5.74) is 4.06. The van der Waals surface area contributed by atoms with Crippen molar-refractivity contribution in [3.05, 3.63) is 72.8 Å². The largest absolute Gasteiger partial charge is 0.495 e. The van der Waals surface area contributed by atoms with Gasteiger partial charge in [0.25, 0.3) is 0 Å². The van der Waals surface area contributed by atoms with Crippen LogP contribution in [-0.2, 0) is 9.31 Å². The van der Waals surface area contributed by atoms with Gasteiger partial charge in [-0.1, -0.05) is 48.5 Å². The molecule has 0 saturated carbocycles. The second-order valence-corrected chi connectivity index (χ2v) is 11.9. The lowest BCUT2D eigenvalue weighted by molar-refractivity contribution is 0.00578. The summed E-state index contributed by atoms with van der Waals surface area (Å²) in [4.78, 5) is 0. The van der Waals surface area contributed by atoms with Gasteiger partial charge in [-0.25, -0.2) is 0 Å². The first kappa shape index (κ1) is 20.1. The van der Waals surface area contributed by atoms with Crippen molar-refractivity contribution in [1.29, 1.82) is 0 Å². The molecule has 0 bridgehead atoms. The standard InChI is InChI=1S/C30H24BNO2S/c1-29(2)30(3,4)34-31(33-29)20-15-16-24-27-25(20)19-11-7-10-18-17-9-5-6-12-21(17)32(28(18)19)22-13-8-14-23(35-24)26(22)27/h5-16H,1-4H3. The Labute approximate surface area is 207 Å². The van der Waals surface area contributed by atoms with E-state index in [9.17, 15) is 0 Å². The Morgan fingerprint density at radius 3 is 2.11 bits per heavy atom.